The molecular weight excluding hydrogens is 461 g/mol. The Bertz CT molecular complexity index is 1340. The molecule has 1 fully saturated rings. The van der Waals surface area contributed by atoms with E-state index in [0.29, 0.717) is 43.1 Å². The van der Waals surface area contributed by atoms with Crippen molar-refractivity contribution in [2.75, 3.05) is 31.3 Å². The lowest BCUT2D eigenvalue weighted by Crippen LogP contribution is -2.50. The highest BCUT2D eigenvalue weighted by Crippen LogP contribution is 2.33. The maximum absolute atomic E-state index is 13.0. The van der Waals surface area contributed by atoms with Crippen molar-refractivity contribution >= 4 is 42.0 Å². The molecule has 176 valence electrons. The van der Waals surface area contributed by atoms with Crippen LogP contribution in [0.25, 0.3) is 10.9 Å². The number of para-hydroxylation sites is 1. The Labute approximate surface area is 204 Å². The van der Waals surface area contributed by atoms with E-state index in [0.717, 1.165) is 16.2 Å². The molecule has 5 rings (SSSR count). The molecule has 2 N–H and O–H groups in total. The van der Waals surface area contributed by atoms with Crippen molar-refractivity contribution < 1.29 is 14.5 Å². The van der Waals surface area contributed by atoms with E-state index < -0.39 is 8.30 Å². The summed E-state index contributed by atoms with van der Waals surface area (Å²) in [6.07, 6.45) is 3.31. The number of nitrogens with one attached hydrogen (secondary N) is 1. The van der Waals surface area contributed by atoms with Crippen molar-refractivity contribution in [1.29, 1.82) is 0 Å². The molecule has 0 saturated carbocycles. The largest absolute Gasteiger partial charge is 0.351 e. The Balaban J connectivity index is 1.20. The first-order valence-corrected chi connectivity index (χ1v) is 12.6. The molecule has 1 atom stereocenters. The molecule has 35 heavy (non-hydrogen) atoms. The average molecular weight is 485 g/mol. The summed E-state index contributed by atoms with van der Waals surface area (Å²) in [4.78, 5) is 48.4. The third kappa shape index (κ3) is 4.99. The first-order valence-electron chi connectivity index (χ1n) is 11.3. The number of benzene rings is 2. The molecule has 4 aromatic rings. The molecule has 0 bridgehead atoms. The second kappa shape index (κ2) is 10.2. The van der Waals surface area contributed by atoms with Gasteiger partial charge in [0.05, 0.1) is 5.52 Å². The summed E-state index contributed by atoms with van der Waals surface area (Å²) in [7, 11) is -1.67. The predicted molar refractivity (Wildman–Crippen MR) is 137 cm³/mol. The number of hydrogen-bond acceptors (Lipinski definition) is 6. The zero-order chi connectivity index (χ0) is 24.2. The number of carbonyl (C=O) groups is 2. The summed E-state index contributed by atoms with van der Waals surface area (Å²) >= 11 is 0. The van der Waals surface area contributed by atoms with Crippen LogP contribution in [0.1, 0.15) is 20.8 Å². The van der Waals surface area contributed by atoms with Gasteiger partial charge in [-0.15, -0.1) is 0 Å². The SMILES string of the molecule is O=C(c1ccc(NP(O)c2cccc3cccnc23)cc1)N1CCN(C(=O)c2ccccn2)CC1. The standard InChI is InChI=1S/C26H24N5O3P/c32-25(30-15-17-31(18-16-30)26(33)22-7-1-2-13-27-22)20-9-11-21(12-10-20)29-35(34)23-8-3-5-19-6-4-14-28-24(19)23/h1-14,29,34H,15-18H2. The van der Waals surface area contributed by atoms with Gasteiger partial charge in [0.15, 0.2) is 8.30 Å². The van der Waals surface area contributed by atoms with Crippen molar-refractivity contribution in [2.45, 2.75) is 0 Å². The van der Waals surface area contributed by atoms with Crippen LogP contribution in [0.15, 0.2) is 85.2 Å². The molecule has 2 amide bonds. The van der Waals surface area contributed by atoms with E-state index in [1.165, 1.54) is 0 Å². The van der Waals surface area contributed by atoms with Gasteiger partial charge in [0.2, 0.25) is 0 Å². The fraction of sp³-hybridized carbons (Fsp3) is 0.154. The van der Waals surface area contributed by atoms with Crippen molar-refractivity contribution in [3.63, 3.8) is 0 Å². The number of fused-ring (bicyclic) bond motifs is 1. The van der Waals surface area contributed by atoms with Crippen molar-refractivity contribution in [3.05, 3.63) is 96.4 Å². The predicted octanol–water partition coefficient (Wildman–Crippen LogP) is 3.27. The van der Waals surface area contributed by atoms with Crippen LogP contribution in [-0.2, 0) is 0 Å². The highest BCUT2D eigenvalue weighted by atomic mass is 31.2. The molecule has 8 nitrogen and oxygen atoms in total. The zero-order valence-electron chi connectivity index (χ0n) is 18.9. The van der Waals surface area contributed by atoms with Crippen LogP contribution in [0, 0.1) is 0 Å². The minimum Gasteiger partial charge on any atom is -0.351 e. The van der Waals surface area contributed by atoms with Gasteiger partial charge < -0.3 is 19.8 Å². The normalized spacial score (nSPS) is 14.5. The number of pyridine rings is 2. The monoisotopic (exact) mass is 485 g/mol. The summed E-state index contributed by atoms with van der Waals surface area (Å²) in [6, 6.07) is 21.9. The molecule has 1 aliphatic heterocycles. The second-order valence-electron chi connectivity index (χ2n) is 8.15. The van der Waals surface area contributed by atoms with Crippen LogP contribution < -0.4 is 10.4 Å². The van der Waals surface area contributed by atoms with E-state index in [-0.39, 0.29) is 11.8 Å². The molecule has 2 aromatic carbocycles. The summed E-state index contributed by atoms with van der Waals surface area (Å²) < 4.78 is 0. The van der Waals surface area contributed by atoms with Crippen LogP contribution in [0.3, 0.4) is 0 Å². The maximum Gasteiger partial charge on any atom is 0.272 e. The van der Waals surface area contributed by atoms with Gasteiger partial charge in [0, 0.05) is 60.5 Å². The molecule has 0 radical (unpaired) electrons. The third-order valence-electron chi connectivity index (χ3n) is 5.94. The quantitative estimate of drug-likeness (QED) is 0.421. The summed E-state index contributed by atoms with van der Waals surface area (Å²) in [5.74, 6) is -0.193. The molecule has 9 heteroatoms. The first-order chi connectivity index (χ1) is 17.1. The molecule has 1 saturated heterocycles. The molecule has 3 heterocycles. The van der Waals surface area contributed by atoms with Crippen LogP contribution in [-0.4, -0.2) is 62.7 Å². The lowest BCUT2D eigenvalue weighted by molar-refractivity contribution is 0.0532. The fourth-order valence-corrected chi connectivity index (χ4v) is 5.20. The van der Waals surface area contributed by atoms with Crippen LogP contribution in [0.4, 0.5) is 5.69 Å². The van der Waals surface area contributed by atoms with E-state index >= 15 is 0 Å². The number of rotatable bonds is 5. The summed E-state index contributed by atoms with van der Waals surface area (Å²) in [5.41, 5.74) is 2.46. The second-order valence-corrected chi connectivity index (χ2v) is 9.48. The Morgan fingerprint density at radius 2 is 1.46 bits per heavy atom. The Kier molecular flexibility index (Phi) is 6.66. The Hall–Kier alpha value is -3.87. The van der Waals surface area contributed by atoms with Gasteiger partial charge in [-0.3, -0.25) is 19.6 Å². The number of amides is 2. The fourth-order valence-electron chi connectivity index (χ4n) is 4.08. The number of aromatic nitrogens is 2. The maximum atomic E-state index is 13.0. The average Bonchev–Trinajstić information content (AvgIpc) is 2.93. The lowest BCUT2D eigenvalue weighted by Gasteiger charge is -2.34. The van der Waals surface area contributed by atoms with Crippen LogP contribution in [0.5, 0.6) is 0 Å². The minimum atomic E-state index is -1.67. The molecule has 1 unspecified atom stereocenters. The van der Waals surface area contributed by atoms with E-state index in [4.69, 9.17) is 0 Å². The van der Waals surface area contributed by atoms with Crippen molar-refractivity contribution in [3.8, 4) is 0 Å². The Morgan fingerprint density at radius 1 is 0.771 bits per heavy atom. The van der Waals surface area contributed by atoms with Gasteiger partial charge in [0.25, 0.3) is 11.8 Å². The van der Waals surface area contributed by atoms with Crippen molar-refractivity contribution in [1.82, 2.24) is 19.8 Å². The number of nitrogens with zero attached hydrogens (tertiary/aromatic N) is 4. The first kappa shape index (κ1) is 22.9. The van der Waals surface area contributed by atoms with E-state index in [1.807, 2.05) is 30.3 Å². The zero-order valence-corrected chi connectivity index (χ0v) is 19.8. The number of carbonyl (C=O) groups excluding carboxylic acids is 2. The van der Waals surface area contributed by atoms with E-state index in [9.17, 15) is 14.5 Å². The number of anilines is 1. The van der Waals surface area contributed by atoms with Crippen molar-refractivity contribution in [2.24, 2.45) is 0 Å². The molecule has 2 aromatic heterocycles. The smallest absolute Gasteiger partial charge is 0.272 e. The topological polar surface area (TPSA) is 98.7 Å². The van der Waals surface area contributed by atoms with Gasteiger partial charge in [-0.25, -0.2) is 0 Å². The lowest BCUT2D eigenvalue weighted by atomic mass is 10.1. The molecule has 1 aliphatic rings. The number of piperazine rings is 1. The molecule has 0 spiro atoms. The minimum absolute atomic E-state index is 0.0778. The number of hydrogen-bond donors (Lipinski definition) is 2. The van der Waals surface area contributed by atoms with E-state index in [2.05, 4.69) is 15.1 Å². The van der Waals surface area contributed by atoms with Gasteiger partial charge in [-0.05, 0) is 48.5 Å². The van der Waals surface area contributed by atoms with Gasteiger partial charge in [0.1, 0.15) is 5.69 Å². The van der Waals surface area contributed by atoms with E-state index in [1.54, 1.807) is 64.7 Å². The third-order valence-corrected chi connectivity index (χ3v) is 7.23. The Morgan fingerprint density at radius 3 is 2.17 bits per heavy atom. The molecule has 0 aliphatic carbocycles. The summed E-state index contributed by atoms with van der Waals surface area (Å²) in [5, 5.41) is 4.85. The highest BCUT2D eigenvalue weighted by Gasteiger charge is 2.26. The van der Waals surface area contributed by atoms with Gasteiger partial charge >= 0.3 is 0 Å². The van der Waals surface area contributed by atoms with Crippen LogP contribution in [0.2, 0.25) is 0 Å². The van der Waals surface area contributed by atoms with Crippen LogP contribution >= 0.6 is 8.30 Å². The van der Waals surface area contributed by atoms with Gasteiger partial charge in [-0.1, -0.05) is 24.3 Å². The van der Waals surface area contributed by atoms with Gasteiger partial charge in [-0.2, -0.15) is 0 Å². The molecular formula is C26H24N5O3P. The summed E-state index contributed by atoms with van der Waals surface area (Å²) in [6.45, 7) is 1.87. The highest BCUT2D eigenvalue weighted by molar-refractivity contribution is 7.62.